The minimum absolute atomic E-state index is 0.0445. The number of anilines is 2. The van der Waals surface area contributed by atoms with Crippen molar-refractivity contribution in [3.05, 3.63) is 60.2 Å². The number of amides is 3. The lowest BCUT2D eigenvalue weighted by Crippen LogP contribution is -2.50. The molecule has 0 bridgehead atoms. The van der Waals surface area contributed by atoms with E-state index >= 15 is 0 Å². The average Bonchev–Trinajstić information content (AvgIpc) is 2.81. The van der Waals surface area contributed by atoms with Gasteiger partial charge in [-0.1, -0.05) is 44.2 Å². The highest BCUT2D eigenvalue weighted by Gasteiger charge is 2.31. The Kier molecular flexibility index (Phi) is 7.30. The first kappa shape index (κ1) is 23.5. The fourth-order valence-electron chi connectivity index (χ4n) is 4.13. The van der Waals surface area contributed by atoms with Crippen molar-refractivity contribution in [3.8, 4) is 0 Å². The second-order valence-electron chi connectivity index (χ2n) is 8.98. The molecule has 0 spiro atoms. The Morgan fingerprint density at radius 2 is 1.69 bits per heavy atom. The van der Waals surface area contributed by atoms with E-state index in [1.165, 1.54) is 9.80 Å². The van der Waals surface area contributed by atoms with Crippen molar-refractivity contribution >= 4 is 29.1 Å². The van der Waals surface area contributed by atoms with Crippen molar-refractivity contribution in [2.75, 3.05) is 43.0 Å². The van der Waals surface area contributed by atoms with Gasteiger partial charge in [0.2, 0.25) is 11.8 Å². The molecule has 2 aromatic rings. The van der Waals surface area contributed by atoms with Crippen LogP contribution in [0.25, 0.3) is 0 Å². The Balaban J connectivity index is 1.89. The zero-order valence-corrected chi connectivity index (χ0v) is 19.1. The lowest BCUT2D eigenvalue weighted by Gasteiger charge is -2.39. The third kappa shape index (κ3) is 5.34. The van der Waals surface area contributed by atoms with E-state index in [4.69, 9.17) is 5.73 Å². The summed E-state index contributed by atoms with van der Waals surface area (Å²) in [4.78, 5) is 43.9. The predicted octanol–water partition coefficient (Wildman–Crippen LogP) is 2.90. The molecule has 0 radical (unpaired) electrons. The molecule has 7 nitrogen and oxygen atoms in total. The first-order valence-electron chi connectivity index (χ1n) is 10.9. The summed E-state index contributed by atoms with van der Waals surface area (Å²) in [6, 6.07) is 16.1. The molecule has 1 fully saturated rings. The molecule has 1 aliphatic rings. The van der Waals surface area contributed by atoms with E-state index in [1.54, 1.807) is 36.2 Å². The number of carbonyl (C=O) groups excluding carboxylic acids is 3. The summed E-state index contributed by atoms with van der Waals surface area (Å²) < 4.78 is 0. The zero-order chi connectivity index (χ0) is 23.3. The second-order valence-corrected chi connectivity index (χ2v) is 8.98. The molecular weight excluding hydrogens is 404 g/mol. The van der Waals surface area contributed by atoms with Crippen LogP contribution in [0.5, 0.6) is 0 Å². The number of hydrogen-bond acceptors (Lipinski definition) is 4. The summed E-state index contributed by atoms with van der Waals surface area (Å²) >= 11 is 0. The zero-order valence-electron chi connectivity index (χ0n) is 19.1. The molecule has 2 N–H and O–H groups in total. The minimum atomic E-state index is -0.405. The van der Waals surface area contributed by atoms with Gasteiger partial charge in [0, 0.05) is 25.8 Å². The summed E-state index contributed by atoms with van der Waals surface area (Å²) in [5, 5.41) is 0. The smallest absolute Gasteiger partial charge is 0.260 e. The van der Waals surface area contributed by atoms with Gasteiger partial charge in [0.1, 0.15) is 6.54 Å². The van der Waals surface area contributed by atoms with Gasteiger partial charge < -0.3 is 20.4 Å². The Labute approximate surface area is 189 Å². The predicted molar refractivity (Wildman–Crippen MR) is 127 cm³/mol. The molecule has 0 aliphatic carbocycles. The van der Waals surface area contributed by atoms with Crippen LogP contribution in [0.4, 0.5) is 11.4 Å². The van der Waals surface area contributed by atoms with Gasteiger partial charge in [-0.25, -0.2) is 0 Å². The van der Waals surface area contributed by atoms with Gasteiger partial charge in [0.15, 0.2) is 0 Å². The largest absolute Gasteiger partial charge is 0.341 e. The normalized spacial score (nSPS) is 15.2. The SMILES string of the molecule is CN(C(=O)c1ccccc1N(CC(=O)N1CCCC(C)(C)C1)C(=O)CN)c1ccccc1. The number of rotatable bonds is 6. The van der Waals surface area contributed by atoms with Crippen LogP contribution in [0, 0.1) is 5.41 Å². The molecule has 1 saturated heterocycles. The number of para-hydroxylation sites is 2. The minimum Gasteiger partial charge on any atom is -0.341 e. The van der Waals surface area contributed by atoms with Crippen LogP contribution in [0.3, 0.4) is 0 Å². The van der Waals surface area contributed by atoms with E-state index in [1.807, 2.05) is 30.3 Å². The summed E-state index contributed by atoms with van der Waals surface area (Å²) in [6.07, 6.45) is 1.99. The molecule has 0 saturated carbocycles. The molecule has 2 aromatic carbocycles. The van der Waals surface area contributed by atoms with E-state index in [2.05, 4.69) is 13.8 Å². The van der Waals surface area contributed by atoms with Gasteiger partial charge >= 0.3 is 0 Å². The first-order chi connectivity index (χ1) is 15.2. The molecule has 3 rings (SSSR count). The van der Waals surface area contributed by atoms with Crippen molar-refractivity contribution < 1.29 is 14.4 Å². The molecular formula is C25H32N4O3. The van der Waals surface area contributed by atoms with Gasteiger partial charge in [-0.3, -0.25) is 14.4 Å². The Hall–Kier alpha value is -3.19. The lowest BCUT2D eigenvalue weighted by molar-refractivity contribution is -0.134. The highest BCUT2D eigenvalue weighted by Crippen LogP contribution is 2.29. The third-order valence-corrected chi connectivity index (χ3v) is 5.90. The Bertz CT molecular complexity index is 974. The van der Waals surface area contributed by atoms with Gasteiger partial charge in [-0.15, -0.1) is 0 Å². The van der Waals surface area contributed by atoms with Gasteiger partial charge in [-0.05, 0) is 42.5 Å². The maximum Gasteiger partial charge on any atom is 0.260 e. The van der Waals surface area contributed by atoms with Crippen LogP contribution >= 0.6 is 0 Å². The Morgan fingerprint density at radius 3 is 2.34 bits per heavy atom. The maximum absolute atomic E-state index is 13.3. The second kappa shape index (κ2) is 9.96. The highest BCUT2D eigenvalue weighted by atomic mass is 16.2. The van der Waals surface area contributed by atoms with E-state index < -0.39 is 5.91 Å². The number of benzene rings is 2. The molecule has 0 aromatic heterocycles. The van der Waals surface area contributed by atoms with E-state index in [9.17, 15) is 14.4 Å². The molecule has 32 heavy (non-hydrogen) atoms. The van der Waals surface area contributed by atoms with E-state index in [0.29, 0.717) is 24.3 Å². The van der Waals surface area contributed by atoms with Crippen LogP contribution in [0.15, 0.2) is 54.6 Å². The Morgan fingerprint density at radius 1 is 1.03 bits per heavy atom. The molecule has 3 amide bonds. The molecule has 170 valence electrons. The van der Waals surface area contributed by atoms with E-state index in [-0.39, 0.29) is 30.3 Å². The van der Waals surface area contributed by atoms with Crippen molar-refractivity contribution in [1.82, 2.24) is 4.90 Å². The molecule has 1 heterocycles. The molecule has 0 unspecified atom stereocenters. The van der Waals surface area contributed by atoms with Crippen molar-refractivity contribution in [2.45, 2.75) is 26.7 Å². The van der Waals surface area contributed by atoms with Crippen LogP contribution in [-0.2, 0) is 9.59 Å². The summed E-state index contributed by atoms with van der Waals surface area (Å²) in [6.45, 7) is 5.20. The summed E-state index contributed by atoms with van der Waals surface area (Å²) in [7, 11) is 1.69. The number of nitrogens with two attached hydrogens (primary N) is 1. The fraction of sp³-hybridized carbons (Fsp3) is 0.400. The van der Waals surface area contributed by atoms with Crippen LogP contribution in [0.2, 0.25) is 0 Å². The number of hydrogen-bond donors (Lipinski definition) is 1. The fourth-order valence-corrected chi connectivity index (χ4v) is 4.13. The van der Waals surface area contributed by atoms with Gasteiger partial charge in [0.05, 0.1) is 17.8 Å². The van der Waals surface area contributed by atoms with Crippen molar-refractivity contribution in [2.24, 2.45) is 11.1 Å². The molecule has 0 atom stereocenters. The standard InChI is InChI=1S/C25H32N4O3/c1-25(2)14-9-15-28(18-25)23(31)17-29(22(30)16-26)21-13-8-7-12-20(21)24(32)27(3)19-10-5-4-6-11-19/h4-8,10-13H,9,14-18,26H2,1-3H3. The summed E-state index contributed by atoms with van der Waals surface area (Å²) in [5.41, 5.74) is 7.18. The molecule has 7 heteroatoms. The molecule has 1 aliphatic heterocycles. The average molecular weight is 437 g/mol. The van der Waals surface area contributed by atoms with E-state index in [0.717, 1.165) is 18.5 Å². The number of piperidine rings is 1. The van der Waals surface area contributed by atoms with Crippen molar-refractivity contribution in [1.29, 1.82) is 0 Å². The van der Waals surface area contributed by atoms with Gasteiger partial charge in [-0.2, -0.15) is 0 Å². The maximum atomic E-state index is 13.3. The topological polar surface area (TPSA) is 87.0 Å². The number of nitrogens with zero attached hydrogens (tertiary/aromatic N) is 3. The number of carbonyl (C=O) groups is 3. The van der Waals surface area contributed by atoms with Crippen LogP contribution in [-0.4, -0.2) is 55.8 Å². The first-order valence-corrected chi connectivity index (χ1v) is 10.9. The number of likely N-dealkylation sites (tertiary alicyclic amines) is 1. The highest BCUT2D eigenvalue weighted by molar-refractivity contribution is 6.12. The van der Waals surface area contributed by atoms with Crippen LogP contribution in [0.1, 0.15) is 37.0 Å². The lowest BCUT2D eigenvalue weighted by atomic mass is 9.84. The third-order valence-electron chi connectivity index (χ3n) is 5.90. The quantitative estimate of drug-likeness (QED) is 0.754. The van der Waals surface area contributed by atoms with Gasteiger partial charge in [0.25, 0.3) is 5.91 Å². The summed E-state index contributed by atoms with van der Waals surface area (Å²) in [5.74, 6) is -0.816. The van der Waals surface area contributed by atoms with Crippen LogP contribution < -0.4 is 15.5 Å². The van der Waals surface area contributed by atoms with Crippen molar-refractivity contribution in [3.63, 3.8) is 0 Å². The monoisotopic (exact) mass is 436 g/mol.